The average Bonchev–Trinajstić information content (AvgIpc) is 3.15. The molecule has 0 aliphatic heterocycles. The highest BCUT2D eigenvalue weighted by Crippen LogP contribution is 2.29. The van der Waals surface area contributed by atoms with Gasteiger partial charge in [-0.2, -0.15) is 0 Å². The third kappa shape index (κ3) is 4.81. The molecular formula is C23H29ClN2O3S. The van der Waals surface area contributed by atoms with Crippen molar-refractivity contribution in [2.24, 2.45) is 0 Å². The van der Waals surface area contributed by atoms with Crippen molar-refractivity contribution in [3.8, 4) is 0 Å². The molecule has 0 spiro atoms. The summed E-state index contributed by atoms with van der Waals surface area (Å²) in [5.74, 6) is -0.326. The molecule has 0 saturated carbocycles. The van der Waals surface area contributed by atoms with E-state index in [0.717, 1.165) is 30.2 Å². The van der Waals surface area contributed by atoms with Crippen LogP contribution in [0.4, 0.5) is 5.69 Å². The van der Waals surface area contributed by atoms with Crippen molar-refractivity contribution in [3.05, 3.63) is 63.7 Å². The summed E-state index contributed by atoms with van der Waals surface area (Å²) in [6.45, 7) is 5.58. The number of carbonyl (C=O) groups excluding carboxylic acids is 1. The lowest BCUT2D eigenvalue weighted by atomic mass is 10.0. The molecule has 0 saturated heterocycles. The molecule has 0 unspecified atom stereocenters. The third-order valence-electron chi connectivity index (χ3n) is 5.72. The van der Waals surface area contributed by atoms with Crippen LogP contribution in [0.3, 0.4) is 0 Å². The number of nitrogens with one attached hydrogen (secondary N) is 1. The quantitative estimate of drug-likeness (QED) is 0.675. The highest BCUT2D eigenvalue weighted by atomic mass is 35.5. The highest BCUT2D eigenvalue weighted by molar-refractivity contribution is 7.92. The molecule has 0 fully saturated rings. The van der Waals surface area contributed by atoms with Crippen molar-refractivity contribution in [3.63, 3.8) is 0 Å². The van der Waals surface area contributed by atoms with E-state index in [2.05, 4.69) is 17.4 Å². The Bertz CT molecular complexity index is 1050. The van der Waals surface area contributed by atoms with E-state index in [1.807, 2.05) is 19.9 Å². The molecule has 3 rings (SSSR count). The van der Waals surface area contributed by atoms with Crippen LogP contribution in [0.1, 0.15) is 55.0 Å². The lowest BCUT2D eigenvalue weighted by Crippen LogP contribution is -2.49. The largest absolute Gasteiger partial charge is 0.348 e. The summed E-state index contributed by atoms with van der Waals surface area (Å²) >= 11 is 6.22. The van der Waals surface area contributed by atoms with E-state index in [0.29, 0.717) is 17.1 Å². The van der Waals surface area contributed by atoms with Gasteiger partial charge in [-0.15, -0.1) is 0 Å². The fraction of sp³-hybridized carbons (Fsp3) is 0.435. The molecule has 1 N–H and O–H groups in total. The number of hydrogen-bond acceptors (Lipinski definition) is 3. The molecule has 1 aliphatic rings. The van der Waals surface area contributed by atoms with Gasteiger partial charge < -0.3 is 5.32 Å². The first kappa shape index (κ1) is 22.6. The second kappa shape index (κ2) is 8.98. The van der Waals surface area contributed by atoms with Crippen molar-refractivity contribution >= 4 is 33.2 Å². The lowest BCUT2D eigenvalue weighted by molar-refractivity contribution is -0.122. The number of halogens is 1. The SMILES string of the molecule is CC[C@@H](C(=O)N[C@@H](C)c1ccc2c(c1)CCC2)N(c1ccc(C)c(Cl)c1)S(C)(=O)=O. The summed E-state index contributed by atoms with van der Waals surface area (Å²) in [4.78, 5) is 13.2. The number of anilines is 1. The fourth-order valence-electron chi connectivity index (χ4n) is 4.03. The van der Waals surface area contributed by atoms with Gasteiger partial charge in [0, 0.05) is 5.02 Å². The second-order valence-corrected chi connectivity index (χ2v) is 10.3. The van der Waals surface area contributed by atoms with Gasteiger partial charge in [0.1, 0.15) is 6.04 Å². The number of nitrogens with zero attached hydrogens (tertiary/aromatic N) is 1. The van der Waals surface area contributed by atoms with Gasteiger partial charge in [0.05, 0.1) is 18.0 Å². The van der Waals surface area contributed by atoms with E-state index in [-0.39, 0.29) is 11.9 Å². The number of sulfonamides is 1. The van der Waals surface area contributed by atoms with E-state index in [4.69, 9.17) is 11.6 Å². The molecule has 30 heavy (non-hydrogen) atoms. The van der Waals surface area contributed by atoms with Crippen molar-refractivity contribution in [1.29, 1.82) is 0 Å². The summed E-state index contributed by atoms with van der Waals surface area (Å²) in [7, 11) is -3.70. The van der Waals surface area contributed by atoms with E-state index < -0.39 is 16.1 Å². The van der Waals surface area contributed by atoms with E-state index in [1.165, 1.54) is 21.9 Å². The summed E-state index contributed by atoms with van der Waals surface area (Å²) in [6.07, 6.45) is 4.79. The zero-order valence-corrected chi connectivity index (χ0v) is 19.5. The van der Waals surface area contributed by atoms with Crippen LogP contribution in [0, 0.1) is 6.92 Å². The summed E-state index contributed by atoms with van der Waals surface area (Å²) in [6, 6.07) is 10.3. The van der Waals surface area contributed by atoms with Gasteiger partial charge >= 0.3 is 0 Å². The maximum absolute atomic E-state index is 13.2. The lowest BCUT2D eigenvalue weighted by Gasteiger charge is -2.31. The molecule has 2 atom stereocenters. The normalized spacial score (nSPS) is 15.4. The first-order valence-corrected chi connectivity index (χ1v) is 12.5. The standard InChI is InChI=1S/C23H29ClN2O3S/c1-5-22(26(30(4,28)29)20-12-9-15(2)21(24)14-20)23(27)25-16(3)18-11-10-17-7-6-8-19(17)13-18/h9-14,16,22H,5-8H2,1-4H3,(H,25,27)/t16-,22-/m0/s1. The van der Waals surface area contributed by atoms with Crippen LogP contribution < -0.4 is 9.62 Å². The molecular weight excluding hydrogens is 420 g/mol. The fourth-order valence-corrected chi connectivity index (χ4v) is 5.41. The second-order valence-electron chi connectivity index (χ2n) is 8.03. The summed E-state index contributed by atoms with van der Waals surface area (Å²) < 4.78 is 26.4. The Kier molecular flexibility index (Phi) is 6.78. The zero-order chi connectivity index (χ0) is 22.1. The van der Waals surface area contributed by atoms with Gasteiger partial charge in [-0.25, -0.2) is 8.42 Å². The van der Waals surface area contributed by atoms with Gasteiger partial charge in [0.2, 0.25) is 15.9 Å². The van der Waals surface area contributed by atoms with Crippen molar-refractivity contribution < 1.29 is 13.2 Å². The Morgan fingerprint density at radius 1 is 1.17 bits per heavy atom. The predicted molar refractivity (Wildman–Crippen MR) is 123 cm³/mol. The average molecular weight is 449 g/mol. The van der Waals surface area contributed by atoms with Crippen LogP contribution in [-0.2, 0) is 27.7 Å². The minimum Gasteiger partial charge on any atom is -0.348 e. The molecule has 0 heterocycles. The van der Waals surface area contributed by atoms with Crippen LogP contribution in [-0.4, -0.2) is 26.6 Å². The van der Waals surface area contributed by atoms with Gasteiger partial charge in [0.15, 0.2) is 0 Å². The van der Waals surface area contributed by atoms with Gasteiger partial charge in [0.25, 0.3) is 0 Å². The maximum atomic E-state index is 13.2. The molecule has 0 bridgehead atoms. The number of fused-ring (bicyclic) bond motifs is 1. The van der Waals surface area contributed by atoms with Crippen LogP contribution in [0.15, 0.2) is 36.4 Å². The van der Waals surface area contributed by atoms with Crippen molar-refractivity contribution in [2.45, 2.75) is 58.5 Å². The van der Waals surface area contributed by atoms with Gasteiger partial charge in [-0.05, 0) is 73.9 Å². The van der Waals surface area contributed by atoms with E-state index in [9.17, 15) is 13.2 Å². The number of carbonyl (C=O) groups is 1. The van der Waals surface area contributed by atoms with E-state index >= 15 is 0 Å². The number of rotatable bonds is 7. The Morgan fingerprint density at radius 3 is 2.50 bits per heavy atom. The minimum absolute atomic E-state index is 0.222. The molecule has 0 radical (unpaired) electrons. The summed E-state index contributed by atoms with van der Waals surface area (Å²) in [5, 5.41) is 3.47. The van der Waals surface area contributed by atoms with Crippen LogP contribution in [0.5, 0.6) is 0 Å². The molecule has 1 amide bonds. The summed E-state index contributed by atoms with van der Waals surface area (Å²) in [5.41, 5.74) is 4.98. The minimum atomic E-state index is -3.70. The molecule has 1 aliphatic carbocycles. The van der Waals surface area contributed by atoms with Crippen LogP contribution >= 0.6 is 11.6 Å². The zero-order valence-electron chi connectivity index (χ0n) is 17.9. The number of hydrogen-bond donors (Lipinski definition) is 1. The first-order valence-electron chi connectivity index (χ1n) is 10.3. The molecule has 162 valence electrons. The van der Waals surface area contributed by atoms with E-state index in [1.54, 1.807) is 25.1 Å². The van der Waals surface area contributed by atoms with Crippen molar-refractivity contribution in [1.82, 2.24) is 5.32 Å². The number of amides is 1. The highest BCUT2D eigenvalue weighted by Gasteiger charge is 2.32. The Hall–Kier alpha value is -2.05. The Morgan fingerprint density at radius 2 is 1.87 bits per heavy atom. The molecule has 2 aromatic rings. The van der Waals surface area contributed by atoms with Crippen LogP contribution in [0.2, 0.25) is 5.02 Å². The number of aryl methyl sites for hydroxylation is 3. The maximum Gasteiger partial charge on any atom is 0.244 e. The Labute approximate surface area is 184 Å². The molecule has 2 aromatic carbocycles. The molecule has 0 aromatic heterocycles. The smallest absolute Gasteiger partial charge is 0.244 e. The third-order valence-corrected chi connectivity index (χ3v) is 7.31. The van der Waals surface area contributed by atoms with Crippen molar-refractivity contribution in [2.75, 3.05) is 10.6 Å². The molecule has 5 nitrogen and oxygen atoms in total. The monoisotopic (exact) mass is 448 g/mol. The van der Waals surface area contributed by atoms with Crippen LogP contribution in [0.25, 0.3) is 0 Å². The predicted octanol–water partition coefficient (Wildman–Crippen LogP) is 4.56. The van der Waals surface area contributed by atoms with Gasteiger partial charge in [-0.3, -0.25) is 9.10 Å². The first-order chi connectivity index (χ1) is 14.1. The number of benzene rings is 2. The Balaban J connectivity index is 1.86. The topological polar surface area (TPSA) is 66.5 Å². The molecule has 7 heteroatoms. The van der Waals surface area contributed by atoms with Gasteiger partial charge in [-0.1, -0.05) is 42.8 Å².